The lowest BCUT2D eigenvalue weighted by molar-refractivity contribution is -0.143. The molecule has 7 heteroatoms. The Labute approximate surface area is 167 Å². The van der Waals surface area contributed by atoms with Gasteiger partial charge in [0.15, 0.2) is 0 Å². The summed E-state index contributed by atoms with van der Waals surface area (Å²) in [6, 6.07) is 10.8. The zero-order valence-electron chi connectivity index (χ0n) is 16.7. The number of rotatable bonds is 6. The summed E-state index contributed by atoms with van der Waals surface area (Å²) in [6.07, 6.45) is 2.29. The molecule has 1 aromatic carbocycles. The number of piperidine rings is 1. The number of benzene rings is 1. The molecule has 2 aliphatic rings. The van der Waals surface area contributed by atoms with E-state index in [0.29, 0.717) is 32.1 Å². The molecule has 0 aliphatic carbocycles. The fraction of sp³-hybridized carbons (Fsp3) is 0.619. The van der Waals surface area contributed by atoms with E-state index >= 15 is 0 Å². The van der Waals surface area contributed by atoms with Gasteiger partial charge in [0.1, 0.15) is 0 Å². The molecule has 2 atom stereocenters. The topological polar surface area (TPSA) is 76.1 Å². The number of likely N-dealkylation sites (tertiary alicyclic amines) is 1. The number of hydrogen-bond donors (Lipinski definition) is 2. The predicted molar refractivity (Wildman–Crippen MR) is 108 cm³/mol. The molecule has 2 fully saturated rings. The van der Waals surface area contributed by atoms with Gasteiger partial charge in [0.2, 0.25) is 0 Å². The standard InChI is InChI=1S/C21H32N4O3/c1-23-13-14-24(19(16-23)17-7-3-2-4-8-17)12-6-10-22-21(28)25-11-5-9-18(15-25)20(26)27/h2-4,7-8,18-19H,5-6,9-16H2,1H3,(H,22,28)(H,26,27). The van der Waals surface area contributed by atoms with Crippen molar-refractivity contribution in [3.63, 3.8) is 0 Å². The number of carbonyl (C=O) groups is 2. The fourth-order valence-corrected chi connectivity index (χ4v) is 4.17. The van der Waals surface area contributed by atoms with Crippen LogP contribution < -0.4 is 5.32 Å². The van der Waals surface area contributed by atoms with E-state index in [9.17, 15) is 9.59 Å². The number of nitrogens with one attached hydrogen (secondary N) is 1. The van der Waals surface area contributed by atoms with E-state index < -0.39 is 11.9 Å². The van der Waals surface area contributed by atoms with Gasteiger partial charge >= 0.3 is 12.0 Å². The molecule has 2 unspecified atom stereocenters. The molecule has 7 nitrogen and oxygen atoms in total. The van der Waals surface area contributed by atoms with Crippen LogP contribution in [0.1, 0.15) is 30.9 Å². The molecule has 28 heavy (non-hydrogen) atoms. The maximum atomic E-state index is 12.3. The highest BCUT2D eigenvalue weighted by Gasteiger charge is 2.28. The van der Waals surface area contributed by atoms with Crippen molar-refractivity contribution >= 4 is 12.0 Å². The summed E-state index contributed by atoms with van der Waals surface area (Å²) in [5.41, 5.74) is 1.34. The summed E-state index contributed by atoms with van der Waals surface area (Å²) in [6.45, 7) is 5.60. The van der Waals surface area contributed by atoms with Gasteiger partial charge in [-0.1, -0.05) is 30.3 Å². The average Bonchev–Trinajstić information content (AvgIpc) is 2.72. The normalized spacial score (nSPS) is 24.1. The predicted octanol–water partition coefficient (Wildman–Crippen LogP) is 1.87. The van der Waals surface area contributed by atoms with E-state index in [-0.39, 0.29) is 6.03 Å². The van der Waals surface area contributed by atoms with Gasteiger partial charge in [-0.2, -0.15) is 0 Å². The summed E-state index contributed by atoms with van der Waals surface area (Å²) in [7, 11) is 2.16. The number of piperazine rings is 1. The van der Waals surface area contributed by atoms with E-state index in [2.05, 4.69) is 46.4 Å². The number of carbonyl (C=O) groups excluding carboxylic acids is 1. The fourth-order valence-electron chi connectivity index (χ4n) is 4.17. The average molecular weight is 389 g/mol. The Hall–Kier alpha value is -2.12. The van der Waals surface area contributed by atoms with E-state index in [4.69, 9.17) is 5.11 Å². The molecule has 0 bridgehead atoms. The van der Waals surface area contributed by atoms with Crippen molar-refractivity contribution < 1.29 is 14.7 Å². The third-order valence-electron chi connectivity index (χ3n) is 5.83. The van der Waals surface area contributed by atoms with Gasteiger partial charge in [0.05, 0.1) is 5.92 Å². The van der Waals surface area contributed by atoms with Crippen molar-refractivity contribution in [2.75, 3.05) is 52.9 Å². The zero-order valence-corrected chi connectivity index (χ0v) is 16.7. The van der Waals surface area contributed by atoms with E-state index in [0.717, 1.165) is 39.0 Å². The quantitative estimate of drug-likeness (QED) is 0.728. The van der Waals surface area contributed by atoms with Crippen LogP contribution >= 0.6 is 0 Å². The number of carboxylic acid groups (broad SMARTS) is 1. The summed E-state index contributed by atoms with van der Waals surface area (Å²) < 4.78 is 0. The monoisotopic (exact) mass is 388 g/mol. The maximum Gasteiger partial charge on any atom is 0.317 e. The molecule has 3 rings (SSSR count). The largest absolute Gasteiger partial charge is 0.481 e. The van der Waals surface area contributed by atoms with Crippen molar-refractivity contribution in [2.24, 2.45) is 5.92 Å². The number of carboxylic acids is 1. The lowest BCUT2D eigenvalue weighted by atomic mass is 9.99. The van der Waals surface area contributed by atoms with Crippen LogP contribution in [0, 0.1) is 5.92 Å². The van der Waals surface area contributed by atoms with Gasteiger partial charge in [0, 0.05) is 51.9 Å². The number of nitrogens with zero attached hydrogens (tertiary/aromatic N) is 3. The molecule has 0 spiro atoms. The Balaban J connectivity index is 1.44. The smallest absolute Gasteiger partial charge is 0.317 e. The minimum Gasteiger partial charge on any atom is -0.481 e. The molecular weight excluding hydrogens is 356 g/mol. The molecule has 154 valence electrons. The first kappa shape index (κ1) is 20.6. The molecule has 2 N–H and O–H groups in total. The summed E-state index contributed by atoms with van der Waals surface area (Å²) in [4.78, 5) is 30.0. The van der Waals surface area contributed by atoms with Gasteiger partial charge in [-0.25, -0.2) is 4.79 Å². The molecule has 0 saturated carbocycles. The van der Waals surface area contributed by atoms with Crippen LogP contribution in [0.25, 0.3) is 0 Å². The molecule has 2 heterocycles. The Morgan fingerprint density at radius 3 is 2.68 bits per heavy atom. The van der Waals surface area contributed by atoms with Crippen LogP contribution in [0.2, 0.25) is 0 Å². The van der Waals surface area contributed by atoms with Crippen LogP contribution in [0.5, 0.6) is 0 Å². The van der Waals surface area contributed by atoms with Crippen LogP contribution in [0.4, 0.5) is 4.79 Å². The highest BCUT2D eigenvalue weighted by atomic mass is 16.4. The van der Waals surface area contributed by atoms with Crippen molar-refractivity contribution in [1.29, 1.82) is 0 Å². The highest BCUT2D eigenvalue weighted by Crippen LogP contribution is 2.24. The van der Waals surface area contributed by atoms with Crippen LogP contribution in [-0.2, 0) is 4.79 Å². The zero-order chi connectivity index (χ0) is 19.9. The van der Waals surface area contributed by atoms with Crippen molar-refractivity contribution in [3.05, 3.63) is 35.9 Å². The second kappa shape index (κ2) is 9.89. The Morgan fingerprint density at radius 2 is 1.93 bits per heavy atom. The summed E-state index contributed by atoms with van der Waals surface area (Å²) >= 11 is 0. The van der Waals surface area contributed by atoms with Gasteiger partial charge in [-0.05, 0) is 31.9 Å². The van der Waals surface area contributed by atoms with Crippen LogP contribution in [-0.4, -0.2) is 84.7 Å². The van der Waals surface area contributed by atoms with E-state index in [1.165, 1.54) is 5.56 Å². The van der Waals surface area contributed by atoms with Gasteiger partial charge in [0.25, 0.3) is 0 Å². The van der Waals surface area contributed by atoms with Crippen molar-refractivity contribution in [3.8, 4) is 0 Å². The Bertz CT molecular complexity index is 654. The molecule has 0 radical (unpaired) electrons. The lowest BCUT2D eigenvalue weighted by Gasteiger charge is -2.40. The number of urea groups is 1. The number of aliphatic carboxylic acids is 1. The van der Waals surface area contributed by atoms with E-state index in [1.54, 1.807) is 4.90 Å². The van der Waals surface area contributed by atoms with Gasteiger partial charge < -0.3 is 20.2 Å². The van der Waals surface area contributed by atoms with Gasteiger partial charge in [-0.3, -0.25) is 9.69 Å². The second-order valence-electron chi connectivity index (χ2n) is 7.93. The number of amides is 2. The lowest BCUT2D eigenvalue weighted by Crippen LogP contribution is -2.48. The Kier molecular flexibility index (Phi) is 7.28. The summed E-state index contributed by atoms with van der Waals surface area (Å²) in [5.74, 6) is -1.24. The van der Waals surface area contributed by atoms with Crippen molar-refractivity contribution in [1.82, 2.24) is 20.0 Å². The number of hydrogen-bond acceptors (Lipinski definition) is 4. The minimum atomic E-state index is -0.806. The molecule has 2 aliphatic heterocycles. The first-order valence-electron chi connectivity index (χ1n) is 10.3. The van der Waals surface area contributed by atoms with E-state index in [1.807, 2.05) is 6.07 Å². The van der Waals surface area contributed by atoms with Crippen LogP contribution in [0.15, 0.2) is 30.3 Å². The first-order valence-corrected chi connectivity index (χ1v) is 10.3. The molecular formula is C21H32N4O3. The van der Waals surface area contributed by atoms with Crippen molar-refractivity contribution in [2.45, 2.75) is 25.3 Å². The molecule has 1 aromatic rings. The second-order valence-corrected chi connectivity index (χ2v) is 7.93. The minimum absolute atomic E-state index is 0.135. The summed E-state index contributed by atoms with van der Waals surface area (Å²) in [5, 5.41) is 12.1. The molecule has 0 aromatic heterocycles. The highest BCUT2D eigenvalue weighted by molar-refractivity contribution is 5.76. The first-order chi connectivity index (χ1) is 13.5. The SMILES string of the molecule is CN1CCN(CCCNC(=O)N2CCCC(C(=O)O)C2)C(c2ccccc2)C1. The van der Waals surface area contributed by atoms with Crippen LogP contribution in [0.3, 0.4) is 0 Å². The molecule has 2 saturated heterocycles. The maximum absolute atomic E-state index is 12.3. The molecule has 2 amide bonds. The third kappa shape index (κ3) is 5.45. The van der Waals surface area contributed by atoms with Gasteiger partial charge in [-0.15, -0.1) is 0 Å². The Morgan fingerprint density at radius 1 is 1.14 bits per heavy atom. The number of likely N-dealkylation sites (N-methyl/N-ethyl adjacent to an activating group) is 1. The third-order valence-corrected chi connectivity index (χ3v) is 5.83.